The average molecular weight is 222 g/mol. The number of nitrogens with one attached hydrogen (secondary N) is 2. The lowest BCUT2D eigenvalue weighted by atomic mass is 10.2. The van der Waals surface area contributed by atoms with Gasteiger partial charge in [0.05, 0.1) is 12.0 Å². The molecular formula is C11H18N4O. The number of rotatable bonds is 5. The van der Waals surface area contributed by atoms with E-state index in [0.29, 0.717) is 6.42 Å². The Morgan fingerprint density at radius 1 is 1.69 bits per heavy atom. The van der Waals surface area contributed by atoms with E-state index in [0.717, 1.165) is 26.1 Å². The number of carbonyl (C=O) groups excluding carboxylic acids is 1. The van der Waals surface area contributed by atoms with E-state index >= 15 is 0 Å². The minimum Gasteiger partial charge on any atom is -0.354 e. The van der Waals surface area contributed by atoms with E-state index < -0.39 is 0 Å². The summed E-state index contributed by atoms with van der Waals surface area (Å²) < 4.78 is 2.15. The monoisotopic (exact) mass is 222 g/mol. The van der Waals surface area contributed by atoms with Crippen molar-refractivity contribution in [2.75, 3.05) is 6.54 Å². The molecule has 2 N–H and O–H groups in total. The number of carbonyl (C=O) groups is 1. The average Bonchev–Trinajstić information content (AvgIpc) is 2.85. The van der Waals surface area contributed by atoms with Gasteiger partial charge in [-0.3, -0.25) is 4.79 Å². The van der Waals surface area contributed by atoms with E-state index in [1.54, 1.807) is 0 Å². The minimum absolute atomic E-state index is 0.138. The van der Waals surface area contributed by atoms with Gasteiger partial charge in [-0.15, -0.1) is 0 Å². The summed E-state index contributed by atoms with van der Waals surface area (Å²) in [5.74, 6) is 0.138. The predicted molar refractivity (Wildman–Crippen MR) is 60.8 cm³/mol. The summed E-state index contributed by atoms with van der Waals surface area (Å²) in [4.78, 5) is 15.2. The van der Waals surface area contributed by atoms with Crippen molar-refractivity contribution >= 4 is 5.91 Å². The van der Waals surface area contributed by atoms with Crippen LogP contribution in [0, 0.1) is 0 Å². The van der Waals surface area contributed by atoms with Gasteiger partial charge in [0, 0.05) is 38.3 Å². The smallest absolute Gasteiger partial charge is 0.221 e. The van der Waals surface area contributed by atoms with Crippen molar-refractivity contribution in [1.29, 1.82) is 0 Å². The Balaban J connectivity index is 1.84. The molecule has 1 aromatic heterocycles. The molecule has 0 spiro atoms. The molecule has 1 unspecified atom stereocenters. The SMILES string of the molecule is CCCn1cncc1CNC1CNC(=O)C1. The van der Waals surface area contributed by atoms with Gasteiger partial charge >= 0.3 is 0 Å². The molecule has 1 fully saturated rings. The van der Waals surface area contributed by atoms with Crippen LogP contribution in [0.15, 0.2) is 12.5 Å². The number of hydrogen-bond donors (Lipinski definition) is 2. The number of hydrogen-bond acceptors (Lipinski definition) is 3. The molecule has 0 saturated carbocycles. The number of imidazole rings is 1. The summed E-state index contributed by atoms with van der Waals surface area (Å²) in [7, 11) is 0. The van der Waals surface area contributed by atoms with Crippen molar-refractivity contribution in [2.45, 2.75) is 38.9 Å². The highest BCUT2D eigenvalue weighted by atomic mass is 16.1. The molecule has 5 heteroatoms. The van der Waals surface area contributed by atoms with Crippen LogP contribution in [0.25, 0.3) is 0 Å². The summed E-state index contributed by atoms with van der Waals surface area (Å²) in [5.41, 5.74) is 1.18. The van der Waals surface area contributed by atoms with E-state index in [4.69, 9.17) is 0 Å². The Morgan fingerprint density at radius 2 is 2.56 bits per heavy atom. The summed E-state index contributed by atoms with van der Waals surface area (Å²) in [6.07, 6.45) is 5.43. The van der Waals surface area contributed by atoms with Crippen LogP contribution in [0.4, 0.5) is 0 Å². The van der Waals surface area contributed by atoms with Crippen molar-refractivity contribution in [1.82, 2.24) is 20.2 Å². The van der Waals surface area contributed by atoms with Crippen LogP contribution in [-0.2, 0) is 17.9 Å². The van der Waals surface area contributed by atoms with Gasteiger partial charge in [0.15, 0.2) is 0 Å². The summed E-state index contributed by atoms with van der Waals surface area (Å²) >= 11 is 0. The van der Waals surface area contributed by atoms with E-state index in [2.05, 4.69) is 27.1 Å². The third kappa shape index (κ3) is 2.61. The standard InChI is InChI=1S/C11H18N4O/c1-2-3-15-8-12-6-10(15)7-13-9-4-11(16)14-5-9/h6,8-9,13H,2-5,7H2,1H3,(H,14,16). The zero-order valence-electron chi connectivity index (χ0n) is 9.57. The van der Waals surface area contributed by atoms with Crippen LogP contribution in [0.5, 0.6) is 0 Å². The molecule has 16 heavy (non-hydrogen) atoms. The molecular weight excluding hydrogens is 204 g/mol. The third-order valence-corrected chi connectivity index (χ3v) is 2.81. The molecule has 1 atom stereocenters. The summed E-state index contributed by atoms with van der Waals surface area (Å²) in [6.45, 7) is 4.66. The van der Waals surface area contributed by atoms with E-state index in [9.17, 15) is 4.79 Å². The van der Waals surface area contributed by atoms with Crippen LogP contribution < -0.4 is 10.6 Å². The fourth-order valence-corrected chi connectivity index (χ4v) is 1.94. The lowest BCUT2D eigenvalue weighted by Gasteiger charge is -2.11. The van der Waals surface area contributed by atoms with Gasteiger partial charge in [-0.2, -0.15) is 0 Å². The Kier molecular flexibility index (Phi) is 3.56. The highest BCUT2D eigenvalue weighted by Crippen LogP contribution is 2.04. The second-order valence-corrected chi connectivity index (χ2v) is 4.16. The molecule has 1 aliphatic heterocycles. The van der Waals surface area contributed by atoms with E-state index in [-0.39, 0.29) is 11.9 Å². The van der Waals surface area contributed by atoms with Crippen LogP contribution in [0.1, 0.15) is 25.5 Å². The van der Waals surface area contributed by atoms with Crippen molar-refractivity contribution in [3.05, 3.63) is 18.2 Å². The van der Waals surface area contributed by atoms with Gasteiger partial charge in [0.25, 0.3) is 0 Å². The Labute approximate surface area is 95.2 Å². The molecule has 0 aromatic carbocycles. The normalized spacial score (nSPS) is 20.1. The molecule has 1 amide bonds. The zero-order valence-corrected chi connectivity index (χ0v) is 9.57. The van der Waals surface area contributed by atoms with Crippen molar-refractivity contribution in [3.63, 3.8) is 0 Å². The van der Waals surface area contributed by atoms with E-state index in [1.165, 1.54) is 5.69 Å². The first kappa shape index (κ1) is 11.1. The molecule has 88 valence electrons. The second kappa shape index (κ2) is 5.12. The number of amides is 1. The highest BCUT2D eigenvalue weighted by Gasteiger charge is 2.20. The number of aryl methyl sites for hydroxylation is 1. The Hall–Kier alpha value is -1.36. The summed E-state index contributed by atoms with van der Waals surface area (Å²) in [6, 6.07) is 0.262. The molecule has 2 rings (SSSR count). The minimum atomic E-state index is 0.138. The molecule has 0 radical (unpaired) electrons. The topological polar surface area (TPSA) is 59.0 Å². The predicted octanol–water partition coefficient (Wildman–Crippen LogP) is 0.271. The fourth-order valence-electron chi connectivity index (χ4n) is 1.94. The molecule has 5 nitrogen and oxygen atoms in total. The van der Waals surface area contributed by atoms with Crippen LogP contribution >= 0.6 is 0 Å². The number of nitrogens with zero attached hydrogens (tertiary/aromatic N) is 2. The molecule has 2 heterocycles. The molecule has 1 saturated heterocycles. The summed E-state index contributed by atoms with van der Waals surface area (Å²) in [5, 5.41) is 6.18. The molecule has 1 aliphatic rings. The van der Waals surface area contributed by atoms with Crippen LogP contribution in [0.2, 0.25) is 0 Å². The molecule has 0 bridgehead atoms. The maximum Gasteiger partial charge on any atom is 0.221 e. The third-order valence-electron chi connectivity index (χ3n) is 2.81. The first-order chi connectivity index (χ1) is 7.79. The lowest BCUT2D eigenvalue weighted by molar-refractivity contribution is -0.119. The Morgan fingerprint density at radius 3 is 3.25 bits per heavy atom. The van der Waals surface area contributed by atoms with Crippen molar-refractivity contribution < 1.29 is 4.79 Å². The van der Waals surface area contributed by atoms with Gasteiger partial charge in [-0.25, -0.2) is 4.98 Å². The van der Waals surface area contributed by atoms with Gasteiger partial charge in [0.2, 0.25) is 5.91 Å². The van der Waals surface area contributed by atoms with Crippen LogP contribution in [-0.4, -0.2) is 28.0 Å². The second-order valence-electron chi connectivity index (χ2n) is 4.16. The largest absolute Gasteiger partial charge is 0.354 e. The first-order valence-corrected chi connectivity index (χ1v) is 5.78. The van der Waals surface area contributed by atoms with Gasteiger partial charge in [-0.05, 0) is 6.42 Å². The lowest BCUT2D eigenvalue weighted by Crippen LogP contribution is -2.31. The maximum absolute atomic E-state index is 11.0. The molecule has 1 aromatic rings. The van der Waals surface area contributed by atoms with Crippen molar-refractivity contribution in [3.8, 4) is 0 Å². The van der Waals surface area contributed by atoms with Crippen LogP contribution in [0.3, 0.4) is 0 Å². The quantitative estimate of drug-likeness (QED) is 0.752. The zero-order chi connectivity index (χ0) is 11.4. The van der Waals surface area contributed by atoms with Crippen molar-refractivity contribution in [2.24, 2.45) is 0 Å². The maximum atomic E-state index is 11.0. The fraction of sp³-hybridized carbons (Fsp3) is 0.636. The number of aromatic nitrogens is 2. The molecule has 0 aliphatic carbocycles. The Bertz CT molecular complexity index is 361. The van der Waals surface area contributed by atoms with Gasteiger partial charge in [-0.1, -0.05) is 6.92 Å². The van der Waals surface area contributed by atoms with Gasteiger partial charge < -0.3 is 15.2 Å². The first-order valence-electron chi connectivity index (χ1n) is 5.78. The highest BCUT2D eigenvalue weighted by molar-refractivity contribution is 5.78. The van der Waals surface area contributed by atoms with Gasteiger partial charge in [0.1, 0.15) is 0 Å². The van der Waals surface area contributed by atoms with E-state index in [1.807, 2.05) is 12.5 Å².